The van der Waals surface area contributed by atoms with Crippen molar-refractivity contribution in [2.45, 2.75) is 71.3 Å². The summed E-state index contributed by atoms with van der Waals surface area (Å²) in [5.74, 6) is 0. The number of hydrogen-bond acceptors (Lipinski definition) is 2. The molecule has 0 rings (SSSR count). The maximum atomic E-state index is 8.64. The van der Waals surface area contributed by atoms with Crippen molar-refractivity contribution < 1.29 is 5.11 Å². The lowest BCUT2D eigenvalue weighted by Crippen LogP contribution is -2.29. The summed E-state index contributed by atoms with van der Waals surface area (Å²) in [6.07, 6.45) is 9.82. The molecule has 0 amide bonds. The highest BCUT2D eigenvalue weighted by molar-refractivity contribution is 4.65. The molecule has 0 saturated heterocycles. The molecule has 0 spiro atoms. The Balaban J connectivity index is 3.28. The molecule has 0 aliphatic rings. The van der Waals surface area contributed by atoms with Crippen molar-refractivity contribution in [3.8, 4) is 0 Å². The van der Waals surface area contributed by atoms with Crippen molar-refractivity contribution in [3.05, 3.63) is 0 Å². The predicted octanol–water partition coefficient (Wildman–Crippen LogP) is 3.10. The van der Waals surface area contributed by atoms with E-state index in [4.69, 9.17) is 5.11 Å². The van der Waals surface area contributed by atoms with Gasteiger partial charge in [0.2, 0.25) is 0 Å². The molecule has 0 unspecified atom stereocenters. The fourth-order valence-corrected chi connectivity index (χ4v) is 1.94. The molecule has 0 radical (unpaired) electrons. The lowest BCUT2D eigenvalue weighted by molar-refractivity contribution is 0.282. The zero-order valence-electron chi connectivity index (χ0n) is 10.6. The summed E-state index contributed by atoms with van der Waals surface area (Å²) < 4.78 is 0. The summed E-state index contributed by atoms with van der Waals surface area (Å²) in [4.78, 5) is 0. The van der Waals surface area contributed by atoms with Gasteiger partial charge in [0, 0.05) is 12.6 Å². The van der Waals surface area contributed by atoms with Crippen LogP contribution in [-0.2, 0) is 0 Å². The summed E-state index contributed by atoms with van der Waals surface area (Å²) >= 11 is 0. The molecule has 0 aromatic heterocycles. The molecule has 0 fully saturated rings. The first-order valence-electron chi connectivity index (χ1n) is 6.69. The van der Waals surface area contributed by atoms with Gasteiger partial charge in [0.05, 0.1) is 0 Å². The van der Waals surface area contributed by atoms with E-state index >= 15 is 0 Å². The van der Waals surface area contributed by atoms with Crippen LogP contribution in [0.4, 0.5) is 0 Å². The second kappa shape index (κ2) is 12.0. The molecule has 0 aliphatic heterocycles. The van der Waals surface area contributed by atoms with Crippen molar-refractivity contribution in [2.24, 2.45) is 0 Å². The van der Waals surface area contributed by atoms with Crippen LogP contribution in [0, 0.1) is 0 Å². The van der Waals surface area contributed by atoms with Gasteiger partial charge < -0.3 is 10.4 Å². The third kappa shape index (κ3) is 10.2. The van der Waals surface area contributed by atoms with E-state index in [9.17, 15) is 0 Å². The summed E-state index contributed by atoms with van der Waals surface area (Å²) in [6, 6.07) is 0.734. The Bertz CT molecular complexity index is 111. The molecule has 0 bridgehead atoms. The molecule has 0 aromatic carbocycles. The monoisotopic (exact) mass is 215 g/mol. The number of nitrogens with one attached hydrogen (secondary N) is 1. The van der Waals surface area contributed by atoms with E-state index in [-0.39, 0.29) is 0 Å². The molecule has 2 nitrogen and oxygen atoms in total. The van der Waals surface area contributed by atoms with Crippen molar-refractivity contribution in [2.75, 3.05) is 13.2 Å². The lowest BCUT2D eigenvalue weighted by Gasteiger charge is -2.17. The van der Waals surface area contributed by atoms with E-state index in [2.05, 4.69) is 19.2 Å². The van der Waals surface area contributed by atoms with Crippen LogP contribution < -0.4 is 5.32 Å². The first kappa shape index (κ1) is 14.9. The van der Waals surface area contributed by atoms with Crippen LogP contribution in [0.2, 0.25) is 0 Å². The third-order valence-corrected chi connectivity index (χ3v) is 2.79. The van der Waals surface area contributed by atoms with Gasteiger partial charge in [0.25, 0.3) is 0 Å². The highest BCUT2D eigenvalue weighted by Crippen LogP contribution is 2.05. The topological polar surface area (TPSA) is 32.3 Å². The fraction of sp³-hybridized carbons (Fsp3) is 1.00. The van der Waals surface area contributed by atoms with Crippen LogP contribution in [0.3, 0.4) is 0 Å². The Hall–Kier alpha value is -0.0800. The molecule has 0 saturated carbocycles. The van der Waals surface area contributed by atoms with Crippen molar-refractivity contribution in [3.63, 3.8) is 0 Å². The minimum Gasteiger partial charge on any atom is -0.396 e. The summed E-state index contributed by atoms with van der Waals surface area (Å²) in [5, 5.41) is 12.3. The summed E-state index contributed by atoms with van der Waals surface area (Å²) in [7, 11) is 0. The number of rotatable bonds is 11. The van der Waals surface area contributed by atoms with Crippen LogP contribution >= 0.6 is 0 Å². The number of aliphatic hydroxyl groups excluding tert-OH is 1. The minimum absolute atomic E-state index is 0.349. The van der Waals surface area contributed by atoms with Crippen LogP contribution in [-0.4, -0.2) is 24.3 Å². The lowest BCUT2D eigenvalue weighted by atomic mass is 10.1. The van der Waals surface area contributed by atoms with E-state index in [1.54, 1.807) is 0 Å². The zero-order valence-corrected chi connectivity index (χ0v) is 10.6. The minimum atomic E-state index is 0.349. The smallest absolute Gasteiger partial charge is 0.0431 e. The molecular weight excluding hydrogens is 186 g/mol. The molecule has 0 aromatic rings. The van der Waals surface area contributed by atoms with E-state index in [1.807, 2.05) is 0 Å². The highest BCUT2D eigenvalue weighted by atomic mass is 16.2. The molecule has 15 heavy (non-hydrogen) atoms. The maximum Gasteiger partial charge on any atom is 0.0431 e. The molecule has 0 atom stereocenters. The molecule has 92 valence electrons. The van der Waals surface area contributed by atoms with E-state index in [1.165, 1.54) is 44.9 Å². The van der Waals surface area contributed by atoms with Crippen LogP contribution in [0.25, 0.3) is 0 Å². The molecule has 2 N–H and O–H groups in total. The first-order valence-corrected chi connectivity index (χ1v) is 6.69. The Labute approximate surface area is 95.5 Å². The average molecular weight is 215 g/mol. The van der Waals surface area contributed by atoms with E-state index in [0.717, 1.165) is 19.0 Å². The van der Waals surface area contributed by atoms with Crippen LogP contribution in [0.15, 0.2) is 0 Å². The standard InChI is InChI=1S/C13H29NO/c1-3-9-13(10-4-2)14-11-7-5-6-8-12-15/h13-15H,3-12H2,1-2H3. The Morgan fingerprint density at radius 3 is 2.07 bits per heavy atom. The van der Waals surface area contributed by atoms with Gasteiger partial charge in [-0.3, -0.25) is 0 Å². The quantitative estimate of drug-likeness (QED) is 0.519. The van der Waals surface area contributed by atoms with E-state index in [0.29, 0.717) is 6.61 Å². The van der Waals surface area contributed by atoms with Crippen molar-refractivity contribution in [1.29, 1.82) is 0 Å². The average Bonchev–Trinajstić information content (AvgIpc) is 2.24. The highest BCUT2D eigenvalue weighted by Gasteiger charge is 2.04. The number of unbranched alkanes of at least 4 members (excludes halogenated alkanes) is 3. The van der Waals surface area contributed by atoms with Gasteiger partial charge in [0.15, 0.2) is 0 Å². The summed E-state index contributed by atoms with van der Waals surface area (Å²) in [6.45, 7) is 6.01. The van der Waals surface area contributed by atoms with Gasteiger partial charge in [0.1, 0.15) is 0 Å². The fourth-order valence-electron chi connectivity index (χ4n) is 1.94. The van der Waals surface area contributed by atoms with Gasteiger partial charge in [-0.1, -0.05) is 39.5 Å². The number of hydrogen-bond donors (Lipinski definition) is 2. The molecular formula is C13H29NO. The second-order valence-electron chi connectivity index (χ2n) is 4.37. The van der Waals surface area contributed by atoms with Crippen LogP contribution in [0.1, 0.15) is 65.2 Å². The van der Waals surface area contributed by atoms with Gasteiger partial charge in [-0.25, -0.2) is 0 Å². The Morgan fingerprint density at radius 2 is 1.53 bits per heavy atom. The van der Waals surface area contributed by atoms with Crippen molar-refractivity contribution >= 4 is 0 Å². The van der Waals surface area contributed by atoms with Gasteiger partial charge in [-0.2, -0.15) is 0 Å². The van der Waals surface area contributed by atoms with E-state index < -0.39 is 0 Å². The van der Waals surface area contributed by atoms with Gasteiger partial charge >= 0.3 is 0 Å². The molecule has 2 heteroatoms. The first-order chi connectivity index (χ1) is 7.35. The van der Waals surface area contributed by atoms with Gasteiger partial charge in [-0.15, -0.1) is 0 Å². The molecule has 0 aliphatic carbocycles. The third-order valence-electron chi connectivity index (χ3n) is 2.79. The largest absolute Gasteiger partial charge is 0.396 e. The van der Waals surface area contributed by atoms with Crippen molar-refractivity contribution in [1.82, 2.24) is 5.32 Å². The van der Waals surface area contributed by atoms with Crippen LogP contribution in [0.5, 0.6) is 0 Å². The van der Waals surface area contributed by atoms with Gasteiger partial charge in [-0.05, 0) is 32.2 Å². The number of aliphatic hydroxyl groups is 1. The second-order valence-corrected chi connectivity index (χ2v) is 4.37. The molecule has 0 heterocycles. The predicted molar refractivity (Wildman–Crippen MR) is 67.2 cm³/mol. The Morgan fingerprint density at radius 1 is 0.933 bits per heavy atom. The SMILES string of the molecule is CCCC(CCC)NCCCCCCO. The normalized spacial score (nSPS) is 11.2. The zero-order chi connectivity index (χ0) is 11.4. The Kier molecular flexibility index (Phi) is 11.9. The summed E-state index contributed by atoms with van der Waals surface area (Å²) in [5.41, 5.74) is 0. The maximum absolute atomic E-state index is 8.64.